The molecule has 0 amide bonds. The third-order valence-electron chi connectivity index (χ3n) is 3.49. The van der Waals surface area contributed by atoms with Gasteiger partial charge in [-0.15, -0.1) is 0 Å². The molecule has 0 N–H and O–H groups in total. The first-order valence-corrected chi connectivity index (χ1v) is 7.46. The van der Waals surface area contributed by atoms with Gasteiger partial charge in [0.2, 0.25) is 0 Å². The molecule has 0 spiro atoms. The molecule has 0 heterocycles. The normalized spacial score (nSPS) is 10.9. The molecule has 0 aliphatic carbocycles. The topological polar surface area (TPSA) is 20.3 Å². The first kappa shape index (κ1) is 15.7. The van der Waals surface area contributed by atoms with Crippen molar-refractivity contribution in [2.45, 2.75) is 19.9 Å². The van der Waals surface area contributed by atoms with Crippen LogP contribution < -0.4 is 0 Å². The monoisotopic (exact) mass is 301 g/mol. The molecule has 0 aromatic heterocycles. The zero-order valence-corrected chi connectivity index (χ0v) is 13.2. The van der Waals surface area contributed by atoms with Crippen LogP contribution in [0, 0.1) is 6.92 Å². The van der Waals surface area contributed by atoms with E-state index in [1.165, 1.54) is 5.56 Å². The number of aryl methyl sites for hydroxylation is 1. The van der Waals surface area contributed by atoms with E-state index in [1.54, 1.807) is 0 Å². The Morgan fingerprint density at radius 2 is 1.76 bits per heavy atom. The van der Waals surface area contributed by atoms with Gasteiger partial charge in [-0.1, -0.05) is 59.6 Å². The van der Waals surface area contributed by atoms with Crippen LogP contribution in [0.2, 0.25) is 5.02 Å². The molecule has 0 atom stereocenters. The third kappa shape index (κ3) is 4.69. The van der Waals surface area contributed by atoms with Crippen molar-refractivity contribution < 1.29 is 4.79 Å². The summed E-state index contributed by atoms with van der Waals surface area (Å²) in [7, 11) is 2.01. The van der Waals surface area contributed by atoms with Crippen LogP contribution in [-0.2, 0) is 6.54 Å². The molecule has 2 aromatic rings. The van der Waals surface area contributed by atoms with E-state index in [1.807, 2.05) is 62.5 Å². The molecule has 3 heteroatoms. The number of hydrogen-bond acceptors (Lipinski definition) is 2. The molecular formula is C18H20ClNO. The summed E-state index contributed by atoms with van der Waals surface area (Å²) in [5.41, 5.74) is 3.04. The number of hydrogen-bond donors (Lipinski definition) is 0. The van der Waals surface area contributed by atoms with Crippen LogP contribution in [0.25, 0.3) is 0 Å². The molecule has 0 bridgehead atoms. The lowest BCUT2D eigenvalue weighted by atomic mass is 10.1. The van der Waals surface area contributed by atoms with Crippen LogP contribution in [-0.4, -0.2) is 24.3 Å². The Labute approximate surface area is 131 Å². The van der Waals surface area contributed by atoms with Gasteiger partial charge in [-0.25, -0.2) is 0 Å². The summed E-state index contributed by atoms with van der Waals surface area (Å²) >= 11 is 6.15. The highest BCUT2D eigenvalue weighted by atomic mass is 35.5. The Hall–Kier alpha value is -1.64. The second-order valence-corrected chi connectivity index (χ2v) is 5.78. The SMILES string of the molecule is Cc1ccc(C(=O)CCN(C)Cc2ccccc2Cl)cc1. The van der Waals surface area contributed by atoms with Crippen molar-refractivity contribution in [1.29, 1.82) is 0 Å². The minimum atomic E-state index is 0.181. The summed E-state index contributed by atoms with van der Waals surface area (Å²) in [5.74, 6) is 0.181. The summed E-state index contributed by atoms with van der Waals surface area (Å²) in [4.78, 5) is 14.2. The van der Waals surface area contributed by atoms with E-state index in [9.17, 15) is 4.79 Å². The second-order valence-electron chi connectivity index (χ2n) is 5.37. The Kier molecular flexibility index (Phi) is 5.54. The second kappa shape index (κ2) is 7.39. The first-order chi connectivity index (χ1) is 10.1. The van der Waals surface area contributed by atoms with Crippen LogP contribution >= 0.6 is 11.6 Å². The zero-order valence-electron chi connectivity index (χ0n) is 12.5. The maximum atomic E-state index is 12.1. The van der Waals surface area contributed by atoms with Crippen LogP contribution in [0.4, 0.5) is 0 Å². The van der Waals surface area contributed by atoms with Crippen molar-refractivity contribution in [3.8, 4) is 0 Å². The standard InChI is InChI=1S/C18H20ClNO/c1-14-7-9-15(10-8-14)18(21)11-12-20(2)13-16-5-3-4-6-17(16)19/h3-10H,11-13H2,1-2H3. The highest BCUT2D eigenvalue weighted by Gasteiger charge is 2.09. The summed E-state index contributed by atoms with van der Waals surface area (Å²) in [5, 5.41) is 0.772. The molecule has 0 aliphatic heterocycles. The number of carbonyl (C=O) groups is 1. The van der Waals surface area contributed by atoms with E-state index in [-0.39, 0.29) is 5.78 Å². The predicted octanol–water partition coefficient (Wildman–Crippen LogP) is 4.35. The van der Waals surface area contributed by atoms with Gasteiger partial charge in [-0.3, -0.25) is 4.79 Å². The highest BCUT2D eigenvalue weighted by Crippen LogP contribution is 2.16. The van der Waals surface area contributed by atoms with E-state index < -0.39 is 0 Å². The van der Waals surface area contributed by atoms with Crippen molar-refractivity contribution in [2.24, 2.45) is 0 Å². The van der Waals surface area contributed by atoms with Crippen molar-refractivity contribution in [1.82, 2.24) is 4.90 Å². The number of benzene rings is 2. The van der Waals surface area contributed by atoms with Gasteiger partial charge in [0.05, 0.1) is 0 Å². The number of rotatable bonds is 6. The summed E-state index contributed by atoms with van der Waals surface area (Å²) < 4.78 is 0. The van der Waals surface area contributed by atoms with Gasteiger partial charge in [-0.05, 0) is 25.6 Å². The minimum Gasteiger partial charge on any atom is -0.302 e. The molecule has 2 aromatic carbocycles. The van der Waals surface area contributed by atoms with Gasteiger partial charge in [0.25, 0.3) is 0 Å². The van der Waals surface area contributed by atoms with E-state index in [4.69, 9.17) is 11.6 Å². The maximum Gasteiger partial charge on any atom is 0.164 e. The Bertz CT molecular complexity index is 607. The predicted molar refractivity (Wildman–Crippen MR) is 87.9 cm³/mol. The molecule has 21 heavy (non-hydrogen) atoms. The Morgan fingerprint density at radius 1 is 1.10 bits per heavy atom. The molecule has 0 aliphatic rings. The minimum absolute atomic E-state index is 0.181. The van der Waals surface area contributed by atoms with Gasteiger partial charge in [0, 0.05) is 30.1 Å². The van der Waals surface area contributed by atoms with Gasteiger partial charge in [0.1, 0.15) is 0 Å². The Balaban J connectivity index is 1.86. The molecule has 2 rings (SSSR count). The molecule has 0 saturated carbocycles. The molecule has 0 unspecified atom stereocenters. The van der Waals surface area contributed by atoms with E-state index in [2.05, 4.69) is 4.90 Å². The van der Waals surface area contributed by atoms with Crippen molar-refractivity contribution in [3.05, 3.63) is 70.2 Å². The van der Waals surface area contributed by atoms with Crippen molar-refractivity contribution in [2.75, 3.05) is 13.6 Å². The average molecular weight is 302 g/mol. The molecule has 110 valence electrons. The van der Waals surface area contributed by atoms with Gasteiger partial charge in [-0.2, -0.15) is 0 Å². The number of halogens is 1. The molecular weight excluding hydrogens is 282 g/mol. The van der Waals surface area contributed by atoms with Crippen molar-refractivity contribution >= 4 is 17.4 Å². The lowest BCUT2D eigenvalue weighted by molar-refractivity contribution is 0.0968. The highest BCUT2D eigenvalue weighted by molar-refractivity contribution is 6.31. The quantitative estimate of drug-likeness (QED) is 0.739. The van der Waals surface area contributed by atoms with Crippen LogP contribution in [0.15, 0.2) is 48.5 Å². The van der Waals surface area contributed by atoms with Gasteiger partial charge in [0.15, 0.2) is 5.78 Å². The lowest BCUT2D eigenvalue weighted by Crippen LogP contribution is -2.21. The third-order valence-corrected chi connectivity index (χ3v) is 3.86. The van der Waals surface area contributed by atoms with Crippen molar-refractivity contribution in [3.63, 3.8) is 0 Å². The van der Waals surface area contributed by atoms with Crippen LogP contribution in [0.5, 0.6) is 0 Å². The fourth-order valence-electron chi connectivity index (χ4n) is 2.17. The Morgan fingerprint density at radius 3 is 2.43 bits per heavy atom. The molecule has 2 nitrogen and oxygen atoms in total. The molecule has 0 fully saturated rings. The number of nitrogens with zero attached hydrogens (tertiary/aromatic N) is 1. The molecule has 0 radical (unpaired) electrons. The van der Waals surface area contributed by atoms with E-state index >= 15 is 0 Å². The summed E-state index contributed by atoms with van der Waals surface area (Å²) in [6.07, 6.45) is 0.518. The number of Topliss-reactive ketones (excluding diaryl/α,β-unsaturated/α-hetero) is 1. The molecule has 0 saturated heterocycles. The fraction of sp³-hybridized carbons (Fsp3) is 0.278. The fourth-order valence-corrected chi connectivity index (χ4v) is 2.37. The number of carbonyl (C=O) groups excluding carboxylic acids is 1. The summed E-state index contributed by atoms with van der Waals surface area (Å²) in [6.45, 7) is 3.49. The van der Waals surface area contributed by atoms with Gasteiger partial charge >= 0.3 is 0 Å². The van der Waals surface area contributed by atoms with E-state index in [0.29, 0.717) is 6.42 Å². The number of ketones is 1. The smallest absolute Gasteiger partial charge is 0.164 e. The largest absolute Gasteiger partial charge is 0.302 e. The van der Waals surface area contributed by atoms with Gasteiger partial charge < -0.3 is 4.90 Å². The lowest BCUT2D eigenvalue weighted by Gasteiger charge is -2.17. The first-order valence-electron chi connectivity index (χ1n) is 7.08. The average Bonchev–Trinajstić information content (AvgIpc) is 2.48. The van der Waals surface area contributed by atoms with E-state index in [0.717, 1.165) is 29.2 Å². The van der Waals surface area contributed by atoms with Crippen LogP contribution in [0.3, 0.4) is 0 Å². The zero-order chi connectivity index (χ0) is 15.2. The van der Waals surface area contributed by atoms with Crippen LogP contribution in [0.1, 0.15) is 27.9 Å². The maximum absolute atomic E-state index is 12.1. The summed E-state index contributed by atoms with van der Waals surface area (Å²) in [6, 6.07) is 15.5.